The number of hydrogen-bond acceptors (Lipinski definition) is 3. The maximum absolute atomic E-state index is 12.1. The Morgan fingerprint density at radius 2 is 2.00 bits per heavy atom. The summed E-state index contributed by atoms with van der Waals surface area (Å²) in [6.45, 7) is 13.8. The van der Waals surface area contributed by atoms with Gasteiger partial charge in [0.15, 0.2) is 5.96 Å². The highest BCUT2D eigenvalue weighted by molar-refractivity contribution is 14.0. The van der Waals surface area contributed by atoms with E-state index < -0.39 is 11.7 Å². The van der Waals surface area contributed by atoms with Gasteiger partial charge in [-0.1, -0.05) is 13.8 Å². The number of aryl methyl sites for hydroxylation is 1. The van der Waals surface area contributed by atoms with E-state index in [9.17, 15) is 4.79 Å². The van der Waals surface area contributed by atoms with E-state index in [-0.39, 0.29) is 35.9 Å². The van der Waals surface area contributed by atoms with Crippen LogP contribution in [0.2, 0.25) is 0 Å². The molecule has 1 amide bonds. The van der Waals surface area contributed by atoms with Crippen LogP contribution in [0.4, 0.5) is 4.79 Å². The van der Waals surface area contributed by atoms with Crippen LogP contribution in [0.15, 0.2) is 23.3 Å². The number of carbonyl (C=O) groups is 1. The third-order valence-corrected chi connectivity index (χ3v) is 4.09. The number of hydrogen-bond donors (Lipinski definition) is 2. The highest BCUT2D eigenvalue weighted by Gasteiger charge is 2.21. The van der Waals surface area contributed by atoms with E-state index in [1.165, 1.54) is 5.69 Å². The summed E-state index contributed by atoms with van der Waals surface area (Å²) in [5.41, 5.74) is 0.689. The van der Waals surface area contributed by atoms with Gasteiger partial charge in [0, 0.05) is 32.5 Å². The van der Waals surface area contributed by atoms with Gasteiger partial charge in [-0.15, -0.1) is 24.0 Å². The minimum atomic E-state index is -0.515. The van der Waals surface area contributed by atoms with Crippen LogP contribution in [0, 0.1) is 5.92 Å². The number of guanidine groups is 1. The Kier molecular flexibility index (Phi) is 11.6. The van der Waals surface area contributed by atoms with Gasteiger partial charge in [0.1, 0.15) is 5.60 Å². The van der Waals surface area contributed by atoms with Crippen molar-refractivity contribution in [1.29, 1.82) is 0 Å². The van der Waals surface area contributed by atoms with Crippen molar-refractivity contribution in [3.63, 3.8) is 0 Å². The summed E-state index contributed by atoms with van der Waals surface area (Å²) < 4.78 is 7.47. The van der Waals surface area contributed by atoms with E-state index in [1.807, 2.05) is 54.1 Å². The lowest BCUT2D eigenvalue weighted by Gasteiger charge is -2.26. The molecule has 0 spiro atoms. The van der Waals surface area contributed by atoms with Gasteiger partial charge in [-0.05, 0) is 45.7 Å². The molecular weight excluding hydrogens is 469 g/mol. The topological polar surface area (TPSA) is 70.9 Å². The van der Waals surface area contributed by atoms with Crippen LogP contribution in [-0.4, -0.2) is 53.3 Å². The van der Waals surface area contributed by atoms with Crippen molar-refractivity contribution in [3.05, 3.63) is 24.0 Å². The molecule has 0 aliphatic heterocycles. The van der Waals surface area contributed by atoms with Gasteiger partial charge in [0.2, 0.25) is 0 Å². The lowest BCUT2D eigenvalue weighted by atomic mass is 10.1. The number of aliphatic imine (C=N–C) groups is 1. The maximum Gasteiger partial charge on any atom is 0.407 e. The van der Waals surface area contributed by atoms with Crippen molar-refractivity contribution in [2.45, 2.75) is 59.7 Å². The molecule has 0 bridgehead atoms. The highest BCUT2D eigenvalue weighted by atomic mass is 127. The van der Waals surface area contributed by atoms with E-state index in [0.717, 1.165) is 19.0 Å². The molecule has 7 nitrogen and oxygen atoms in total. The van der Waals surface area contributed by atoms with Crippen molar-refractivity contribution >= 4 is 36.0 Å². The van der Waals surface area contributed by atoms with Gasteiger partial charge in [0.25, 0.3) is 0 Å². The van der Waals surface area contributed by atoms with Gasteiger partial charge >= 0.3 is 6.09 Å². The SMILES string of the molecule is CCNC(=NCC(NC(=O)OC(C)(C)C)C(C)C)N(C)Cc1cccn1C.I. The van der Waals surface area contributed by atoms with Crippen molar-refractivity contribution < 1.29 is 9.53 Å². The summed E-state index contributed by atoms with van der Waals surface area (Å²) >= 11 is 0. The van der Waals surface area contributed by atoms with Crippen molar-refractivity contribution in [2.75, 3.05) is 20.1 Å². The molecule has 1 heterocycles. The zero-order valence-corrected chi connectivity index (χ0v) is 20.9. The van der Waals surface area contributed by atoms with Crippen molar-refractivity contribution in [2.24, 2.45) is 18.0 Å². The molecule has 0 aliphatic rings. The maximum atomic E-state index is 12.1. The second-order valence-corrected chi connectivity index (χ2v) is 8.16. The van der Waals surface area contributed by atoms with Crippen LogP contribution < -0.4 is 10.6 Å². The van der Waals surface area contributed by atoms with Gasteiger partial charge < -0.3 is 24.8 Å². The number of carbonyl (C=O) groups excluding carboxylic acids is 1. The molecule has 1 unspecified atom stereocenters. The zero-order valence-electron chi connectivity index (χ0n) is 18.6. The van der Waals surface area contributed by atoms with Crippen LogP contribution >= 0.6 is 24.0 Å². The van der Waals surface area contributed by atoms with Gasteiger partial charge in [0.05, 0.1) is 19.1 Å². The quantitative estimate of drug-likeness (QED) is 0.336. The zero-order chi connectivity index (χ0) is 20.6. The monoisotopic (exact) mass is 507 g/mol. The third-order valence-electron chi connectivity index (χ3n) is 4.09. The molecule has 1 aromatic rings. The Balaban J connectivity index is 0.00000729. The smallest absolute Gasteiger partial charge is 0.407 e. The van der Waals surface area contributed by atoms with E-state index >= 15 is 0 Å². The minimum Gasteiger partial charge on any atom is -0.444 e. The number of rotatable bonds is 7. The first-order valence-corrected chi connectivity index (χ1v) is 9.62. The summed E-state index contributed by atoms with van der Waals surface area (Å²) in [5.74, 6) is 1.05. The van der Waals surface area contributed by atoms with Crippen LogP contribution in [0.3, 0.4) is 0 Å². The number of halogens is 1. The molecule has 0 aliphatic carbocycles. The Morgan fingerprint density at radius 1 is 1.36 bits per heavy atom. The van der Waals surface area contributed by atoms with Crippen LogP contribution in [0.5, 0.6) is 0 Å². The predicted octanol–water partition coefficient (Wildman–Crippen LogP) is 3.59. The fourth-order valence-electron chi connectivity index (χ4n) is 2.52. The van der Waals surface area contributed by atoms with E-state index in [0.29, 0.717) is 6.54 Å². The molecule has 162 valence electrons. The number of nitrogens with one attached hydrogen (secondary N) is 2. The van der Waals surface area contributed by atoms with Gasteiger partial charge in [-0.2, -0.15) is 0 Å². The lowest BCUT2D eigenvalue weighted by molar-refractivity contribution is 0.0493. The van der Waals surface area contributed by atoms with Crippen molar-refractivity contribution in [1.82, 2.24) is 20.1 Å². The molecule has 0 saturated heterocycles. The Hall–Kier alpha value is -1.45. The van der Waals surface area contributed by atoms with Crippen LogP contribution in [0.25, 0.3) is 0 Å². The van der Waals surface area contributed by atoms with Crippen molar-refractivity contribution in [3.8, 4) is 0 Å². The first-order valence-electron chi connectivity index (χ1n) is 9.62. The largest absolute Gasteiger partial charge is 0.444 e. The van der Waals surface area contributed by atoms with Crippen LogP contribution in [-0.2, 0) is 18.3 Å². The summed E-state index contributed by atoms with van der Waals surface area (Å²) in [5, 5.41) is 6.27. The molecular formula is C20H38IN5O2. The average molecular weight is 507 g/mol. The molecule has 0 radical (unpaired) electrons. The summed E-state index contributed by atoms with van der Waals surface area (Å²) in [6, 6.07) is 4.03. The summed E-state index contributed by atoms with van der Waals surface area (Å²) in [6.07, 6.45) is 1.63. The fourth-order valence-corrected chi connectivity index (χ4v) is 2.52. The van der Waals surface area contributed by atoms with Gasteiger partial charge in [-0.3, -0.25) is 4.99 Å². The molecule has 1 rings (SSSR count). The Morgan fingerprint density at radius 3 is 2.46 bits per heavy atom. The molecule has 2 N–H and O–H groups in total. The second-order valence-electron chi connectivity index (χ2n) is 8.16. The molecule has 8 heteroatoms. The molecule has 0 aromatic carbocycles. The predicted molar refractivity (Wildman–Crippen MR) is 126 cm³/mol. The van der Waals surface area contributed by atoms with E-state index in [1.54, 1.807) is 0 Å². The summed E-state index contributed by atoms with van der Waals surface area (Å²) in [7, 11) is 4.05. The standard InChI is InChI=1S/C20H37N5O2.HI/c1-9-21-18(25(8)14-16-11-10-12-24(16)7)22-13-17(15(2)3)23-19(26)27-20(4,5)6;/h10-12,15,17H,9,13-14H2,1-8H3,(H,21,22)(H,23,26);1H. The summed E-state index contributed by atoms with van der Waals surface area (Å²) in [4.78, 5) is 18.9. The highest BCUT2D eigenvalue weighted by Crippen LogP contribution is 2.09. The van der Waals surface area contributed by atoms with Gasteiger partial charge in [-0.25, -0.2) is 4.79 Å². The molecule has 0 fully saturated rings. The Labute approximate surface area is 187 Å². The van der Waals surface area contributed by atoms with E-state index in [4.69, 9.17) is 9.73 Å². The number of amides is 1. The second kappa shape index (κ2) is 12.2. The van der Waals surface area contributed by atoms with Crippen LogP contribution in [0.1, 0.15) is 47.2 Å². The number of aromatic nitrogens is 1. The average Bonchev–Trinajstić information content (AvgIpc) is 2.92. The number of ether oxygens (including phenoxy) is 1. The fraction of sp³-hybridized carbons (Fsp3) is 0.700. The Bertz CT molecular complexity index is 622. The molecule has 1 atom stereocenters. The molecule has 1 aromatic heterocycles. The molecule has 28 heavy (non-hydrogen) atoms. The molecule has 0 saturated carbocycles. The number of alkyl carbamates (subject to hydrolysis) is 1. The number of nitrogens with zero attached hydrogens (tertiary/aromatic N) is 3. The first kappa shape index (κ1) is 26.6. The minimum absolute atomic E-state index is 0. The third kappa shape index (κ3) is 9.66. The van der Waals surface area contributed by atoms with E-state index in [2.05, 4.69) is 40.0 Å². The first-order chi connectivity index (χ1) is 12.5. The normalized spacial score (nSPS) is 13.0. The lowest BCUT2D eigenvalue weighted by Crippen LogP contribution is -2.45.